The van der Waals surface area contributed by atoms with Gasteiger partial charge in [0.2, 0.25) is 0 Å². The minimum Gasteiger partial charge on any atom is -0.393 e. The van der Waals surface area contributed by atoms with Crippen LogP contribution in [0.15, 0.2) is 36.7 Å². The summed E-state index contributed by atoms with van der Waals surface area (Å²) in [6.07, 6.45) is 5.25. The molecule has 90 valence electrons. The number of hydrogen-bond donors (Lipinski definition) is 1. The molecule has 0 aliphatic heterocycles. The van der Waals surface area contributed by atoms with Gasteiger partial charge in [-0.1, -0.05) is 38.1 Å². The second-order valence-electron chi connectivity index (χ2n) is 4.87. The van der Waals surface area contributed by atoms with Crippen molar-refractivity contribution in [1.82, 2.24) is 4.98 Å². The summed E-state index contributed by atoms with van der Waals surface area (Å²) in [7, 11) is 0. The summed E-state index contributed by atoms with van der Waals surface area (Å²) >= 11 is 0. The Bertz CT molecular complexity index is 488. The van der Waals surface area contributed by atoms with Gasteiger partial charge in [0.15, 0.2) is 0 Å². The van der Waals surface area contributed by atoms with E-state index in [2.05, 4.69) is 17.1 Å². The SMILES string of the molecule is CC(C)C(O)CCc1cncc2ccccc12. The summed E-state index contributed by atoms with van der Waals surface area (Å²) in [5.74, 6) is 0.318. The molecule has 0 spiro atoms. The third-order valence-corrected chi connectivity index (χ3v) is 3.23. The van der Waals surface area contributed by atoms with E-state index in [4.69, 9.17) is 0 Å². The van der Waals surface area contributed by atoms with Crippen LogP contribution in [0.3, 0.4) is 0 Å². The number of fused-ring (bicyclic) bond motifs is 1. The first-order chi connectivity index (χ1) is 8.18. The Kier molecular flexibility index (Phi) is 3.75. The van der Waals surface area contributed by atoms with Crippen molar-refractivity contribution in [2.75, 3.05) is 0 Å². The van der Waals surface area contributed by atoms with Gasteiger partial charge in [0.1, 0.15) is 0 Å². The lowest BCUT2D eigenvalue weighted by Crippen LogP contribution is -2.15. The number of aliphatic hydroxyl groups is 1. The van der Waals surface area contributed by atoms with Crippen LogP contribution in [-0.4, -0.2) is 16.2 Å². The number of aryl methyl sites for hydroxylation is 1. The van der Waals surface area contributed by atoms with Gasteiger partial charge in [0.05, 0.1) is 6.10 Å². The van der Waals surface area contributed by atoms with Gasteiger partial charge >= 0.3 is 0 Å². The van der Waals surface area contributed by atoms with Crippen LogP contribution < -0.4 is 0 Å². The van der Waals surface area contributed by atoms with Gasteiger partial charge in [-0.2, -0.15) is 0 Å². The van der Waals surface area contributed by atoms with E-state index < -0.39 is 0 Å². The van der Waals surface area contributed by atoms with Gasteiger partial charge in [-0.25, -0.2) is 0 Å². The Morgan fingerprint density at radius 3 is 2.71 bits per heavy atom. The van der Waals surface area contributed by atoms with Crippen LogP contribution in [0.1, 0.15) is 25.8 Å². The van der Waals surface area contributed by atoms with E-state index in [1.807, 2.05) is 38.4 Å². The molecular weight excluding hydrogens is 210 g/mol. The maximum absolute atomic E-state index is 9.84. The number of benzene rings is 1. The first kappa shape index (κ1) is 12.1. The van der Waals surface area contributed by atoms with Gasteiger partial charge in [-0.15, -0.1) is 0 Å². The number of pyridine rings is 1. The molecule has 0 radical (unpaired) electrons. The molecule has 1 aromatic heterocycles. The highest BCUT2D eigenvalue weighted by Gasteiger charge is 2.10. The lowest BCUT2D eigenvalue weighted by molar-refractivity contribution is 0.116. The van der Waals surface area contributed by atoms with E-state index in [1.165, 1.54) is 16.3 Å². The van der Waals surface area contributed by atoms with Gasteiger partial charge in [0, 0.05) is 17.8 Å². The summed E-state index contributed by atoms with van der Waals surface area (Å²) in [4.78, 5) is 4.25. The molecule has 1 unspecified atom stereocenters. The number of hydrogen-bond acceptors (Lipinski definition) is 2. The predicted molar refractivity (Wildman–Crippen MR) is 70.9 cm³/mol. The predicted octanol–water partition coefficient (Wildman–Crippen LogP) is 3.18. The lowest BCUT2D eigenvalue weighted by atomic mass is 9.98. The average molecular weight is 229 g/mol. The fourth-order valence-corrected chi connectivity index (χ4v) is 2.02. The maximum atomic E-state index is 9.84. The zero-order chi connectivity index (χ0) is 12.3. The van der Waals surface area contributed by atoms with Crippen LogP contribution in [0.2, 0.25) is 0 Å². The summed E-state index contributed by atoms with van der Waals surface area (Å²) in [5.41, 5.74) is 1.22. The summed E-state index contributed by atoms with van der Waals surface area (Å²) in [5, 5.41) is 12.3. The van der Waals surface area contributed by atoms with E-state index in [9.17, 15) is 5.11 Å². The Labute approximate surface area is 102 Å². The van der Waals surface area contributed by atoms with Gasteiger partial charge in [0.25, 0.3) is 0 Å². The molecule has 0 saturated carbocycles. The normalized spacial score (nSPS) is 13.2. The molecule has 1 N–H and O–H groups in total. The first-order valence-corrected chi connectivity index (χ1v) is 6.18. The van der Waals surface area contributed by atoms with E-state index in [0.717, 1.165) is 12.8 Å². The van der Waals surface area contributed by atoms with Crippen LogP contribution in [0.5, 0.6) is 0 Å². The molecule has 2 aromatic rings. The monoisotopic (exact) mass is 229 g/mol. The average Bonchev–Trinajstić information content (AvgIpc) is 2.35. The van der Waals surface area contributed by atoms with Crippen molar-refractivity contribution in [1.29, 1.82) is 0 Å². The second-order valence-corrected chi connectivity index (χ2v) is 4.87. The molecule has 1 atom stereocenters. The number of aliphatic hydroxyl groups excluding tert-OH is 1. The molecule has 2 nitrogen and oxygen atoms in total. The first-order valence-electron chi connectivity index (χ1n) is 6.18. The number of rotatable bonds is 4. The van der Waals surface area contributed by atoms with Crippen molar-refractivity contribution < 1.29 is 5.11 Å². The molecule has 0 saturated heterocycles. The zero-order valence-electron chi connectivity index (χ0n) is 10.4. The highest BCUT2D eigenvalue weighted by Crippen LogP contribution is 2.19. The lowest BCUT2D eigenvalue weighted by Gasteiger charge is -2.14. The number of nitrogens with zero attached hydrogens (tertiary/aromatic N) is 1. The third-order valence-electron chi connectivity index (χ3n) is 3.23. The van der Waals surface area contributed by atoms with Crippen molar-refractivity contribution in [3.63, 3.8) is 0 Å². The minimum absolute atomic E-state index is 0.228. The van der Waals surface area contributed by atoms with Gasteiger partial charge in [-0.3, -0.25) is 4.98 Å². The standard InChI is InChI=1S/C15H19NO/c1-11(2)15(17)8-7-13-10-16-9-12-5-3-4-6-14(12)13/h3-6,9-11,15,17H,7-8H2,1-2H3. The van der Waals surface area contributed by atoms with Crippen molar-refractivity contribution in [3.05, 3.63) is 42.2 Å². The fourth-order valence-electron chi connectivity index (χ4n) is 2.02. The Morgan fingerprint density at radius 2 is 1.94 bits per heavy atom. The summed E-state index contributed by atoms with van der Waals surface area (Å²) in [6, 6.07) is 8.26. The van der Waals surface area contributed by atoms with Crippen molar-refractivity contribution in [2.45, 2.75) is 32.8 Å². The van der Waals surface area contributed by atoms with E-state index in [0.29, 0.717) is 5.92 Å². The molecule has 1 aromatic carbocycles. The third kappa shape index (κ3) is 2.83. The van der Waals surface area contributed by atoms with Gasteiger partial charge in [-0.05, 0) is 29.7 Å². The Hall–Kier alpha value is -1.41. The molecule has 17 heavy (non-hydrogen) atoms. The highest BCUT2D eigenvalue weighted by atomic mass is 16.3. The Balaban J connectivity index is 2.19. The van der Waals surface area contributed by atoms with Gasteiger partial charge < -0.3 is 5.11 Å². The number of aromatic nitrogens is 1. The second kappa shape index (κ2) is 5.28. The van der Waals surface area contributed by atoms with E-state index >= 15 is 0 Å². The Morgan fingerprint density at radius 1 is 1.18 bits per heavy atom. The minimum atomic E-state index is -0.228. The molecule has 2 heteroatoms. The molecule has 0 fully saturated rings. The topological polar surface area (TPSA) is 33.1 Å². The van der Waals surface area contributed by atoms with Crippen molar-refractivity contribution in [3.8, 4) is 0 Å². The van der Waals surface area contributed by atoms with E-state index in [-0.39, 0.29) is 6.10 Å². The van der Waals surface area contributed by atoms with Crippen molar-refractivity contribution >= 4 is 10.8 Å². The van der Waals surface area contributed by atoms with Crippen molar-refractivity contribution in [2.24, 2.45) is 5.92 Å². The molecule has 0 aliphatic rings. The molecule has 0 bridgehead atoms. The van der Waals surface area contributed by atoms with Crippen LogP contribution in [0, 0.1) is 5.92 Å². The van der Waals surface area contributed by atoms with Crippen LogP contribution in [0.25, 0.3) is 10.8 Å². The molecule has 0 aliphatic carbocycles. The highest BCUT2D eigenvalue weighted by molar-refractivity contribution is 5.84. The smallest absolute Gasteiger partial charge is 0.0566 e. The fraction of sp³-hybridized carbons (Fsp3) is 0.400. The zero-order valence-corrected chi connectivity index (χ0v) is 10.4. The van der Waals surface area contributed by atoms with E-state index in [1.54, 1.807) is 0 Å². The largest absolute Gasteiger partial charge is 0.393 e. The summed E-state index contributed by atoms with van der Waals surface area (Å²) in [6.45, 7) is 4.10. The maximum Gasteiger partial charge on any atom is 0.0566 e. The quantitative estimate of drug-likeness (QED) is 0.873. The molecule has 1 heterocycles. The molecular formula is C15H19NO. The van der Waals surface area contributed by atoms with Crippen LogP contribution >= 0.6 is 0 Å². The molecule has 2 rings (SSSR count). The van der Waals surface area contributed by atoms with Crippen LogP contribution in [-0.2, 0) is 6.42 Å². The summed E-state index contributed by atoms with van der Waals surface area (Å²) < 4.78 is 0. The molecule has 0 amide bonds. The van der Waals surface area contributed by atoms with Crippen LogP contribution in [0.4, 0.5) is 0 Å².